The predicted octanol–water partition coefficient (Wildman–Crippen LogP) is 3.13. The van der Waals surface area contributed by atoms with Crippen LogP contribution in [0.4, 0.5) is 0 Å². The van der Waals surface area contributed by atoms with E-state index in [0.29, 0.717) is 6.54 Å². The fourth-order valence-corrected chi connectivity index (χ4v) is 2.27. The van der Waals surface area contributed by atoms with Crippen LogP contribution in [0.2, 0.25) is 0 Å². The summed E-state index contributed by atoms with van der Waals surface area (Å²) in [5.41, 5.74) is 6.78. The number of hydrogen-bond acceptors (Lipinski definition) is 2. The molecule has 1 aliphatic carbocycles. The van der Waals surface area contributed by atoms with Crippen molar-refractivity contribution in [2.24, 2.45) is 11.7 Å². The third-order valence-electron chi connectivity index (χ3n) is 2.91. The molecule has 2 N–H and O–H groups in total. The van der Waals surface area contributed by atoms with Gasteiger partial charge in [0.25, 0.3) is 0 Å². The molecule has 88 valence electrons. The average Bonchev–Trinajstić information content (AvgIpc) is 3.06. The molecule has 3 heteroatoms. The molecular weight excluding hydrogens is 266 g/mol. The van der Waals surface area contributed by atoms with Crippen molar-refractivity contribution in [2.45, 2.75) is 25.7 Å². The molecule has 0 spiro atoms. The topological polar surface area (TPSA) is 35.2 Å². The number of hydrogen-bond donors (Lipinski definition) is 1. The minimum Gasteiger partial charge on any atom is -0.492 e. The van der Waals surface area contributed by atoms with Gasteiger partial charge in [0, 0.05) is 0 Å². The minimum atomic E-state index is 0.689. The Morgan fingerprint density at radius 2 is 2.19 bits per heavy atom. The van der Waals surface area contributed by atoms with E-state index >= 15 is 0 Å². The summed E-state index contributed by atoms with van der Waals surface area (Å²) >= 11 is 3.53. The summed E-state index contributed by atoms with van der Waals surface area (Å²) in [6.07, 6.45) is 4.89. The molecule has 2 nitrogen and oxygen atoms in total. The zero-order valence-electron chi connectivity index (χ0n) is 9.42. The molecule has 0 radical (unpaired) electrons. The minimum absolute atomic E-state index is 0.689. The first-order valence-corrected chi connectivity index (χ1v) is 6.70. The van der Waals surface area contributed by atoms with Crippen molar-refractivity contribution in [1.29, 1.82) is 0 Å². The summed E-state index contributed by atoms with van der Waals surface area (Å²) in [6, 6.07) is 6.21. The molecule has 0 amide bonds. The van der Waals surface area contributed by atoms with E-state index in [1.807, 2.05) is 6.07 Å². The van der Waals surface area contributed by atoms with Crippen LogP contribution in [-0.2, 0) is 6.42 Å². The molecule has 0 atom stereocenters. The molecule has 0 aromatic heterocycles. The van der Waals surface area contributed by atoms with Gasteiger partial charge in [0.15, 0.2) is 0 Å². The van der Waals surface area contributed by atoms with E-state index in [4.69, 9.17) is 10.5 Å². The lowest BCUT2D eigenvalue weighted by Crippen LogP contribution is -2.03. The second kappa shape index (κ2) is 5.69. The van der Waals surface area contributed by atoms with Gasteiger partial charge in [0.05, 0.1) is 11.1 Å². The second-order valence-corrected chi connectivity index (χ2v) is 5.24. The summed E-state index contributed by atoms with van der Waals surface area (Å²) in [4.78, 5) is 0. The fourth-order valence-electron chi connectivity index (χ4n) is 1.73. The van der Waals surface area contributed by atoms with Crippen LogP contribution in [0.5, 0.6) is 5.75 Å². The van der Waals surface area contributed by atoms with Crippen molar-refractivity contribution in [1.82, 2.24) is 0 Å². The SMILES string of the molecule is NCCc1ccc(OCCC2CC2)c(Br)c1. The lowest BCUT2D eigenvalue weighted by molar-refractivity contribution is 0.300. The van der Waals surface area contributed by atoms with E-state index in [2.05, 4.69) is 28.1 Å². The standard InChI is InChI=1S/C13H18BrNO/c14-12-9-11(5-7-15)3-4-13(12)16-8-6-10-1-2-10/h3-4,9-10H,1-2,5-8,15H2. The molecule has 1 aromatic rings. The van der Waals surface area contributed by atoms with Crippen molar-refractivity contribution in [3.8, 4) is 5.75 Å². The zero-order chi connectivity index (χ0) is 11.4. The van der Waals surface area contributed by atoms with Crippen LogP contribution < -0.4 is 10.5 Å². The predicted molar refractivity (Wildman–Crippen MR) is 69.7 cm³/mol. The van der Waals surface area contributed by atoms with Gasteiger partial charge in [-0.25, -0.2) is 0 Å². The van der Waals surface area contributed by atoms with Crippen LogP contribution in [0.15, 0.2) is 22.7 Å². The van der Waals surface area contributed by atoms with Crippen LogP contribution >= 0.6 is 15.9 Å². The molecular formula is C13H18BrNO. The van der Waals surface area contributed by atoms with Gasteiger partial charge in [-0.05, 0) is 58.9 Å². The van der Waals surface area contributed by atoms with Gasteiger partial charge in [-0.2, -0.15) is 0 Å². The monoisotopic (exact) mass is 283 g/mol. The molecule has 1 aromatic carbocycles. The van der Waals surface area contributed by atoms with Crippen molar-refractivity contribution in [2.75, 3.05) is 13.2 Å². The highest BCUT2D eigenvalue weighted by atomic mass is 79.9. The first-order chi connectivity index (χ1) is 7.79. The number of benzene rings is 1. The van der Waals surface area contributed by atoms with Crippen LogP contribution in [0, 0.1) is 5.92 Å². The summed E-state index contributed by atoms with van der Waals surface area (Å²) in [7, 11) is 0. The number of halogens is 1. The first-order valence-electron chi connectivity index (χ1n) is 5.91. The molecule has 0 saturated heterocycles. The molecule has 1 aliphatic rings. The first kappa shape index (κ1) is 11.9. The largest absolute Gasteiger partial charge is 0.492 e. The van der Waals surface area contributed by atoms with Crippen molar-refractivity contribution in [3.05, 3.63) is 28.2 Å². The van der Waals surface area contributed by atoms with E-state index in [1.165, 1.54) is 24.8 Å². The summed E-state index contributed by atoms with van der Waals surface area (Å²) < 4.78 is 6.78. The normalized spacial score (nSPS) is 15.1. The Morgan fingerprint density at radius 1 is 1.38 bits per heavy atom. The molecule has 0 unspecified atom stereocenters. The van der Waals surface area contributed by atoms with E-state index in [1.54, 1.807) is 0 Å². The lowest BCUT2D eigenvalue weighted by atomic mass is 10.1. The third-order valence-corrected chi connectivity index (χ3v) is 3.53. The quantitative estimate of drug-likeness (QED) is 0.871. The van der Waals surface area contributed by atoms with E-state index in [9.17, 15) is 0 Å². The van der Waals surface area contributed by atoms with Gasteiger partial charge < -0.3 is 10.5 Å². The third kappa shape index (κ3) is 3.49. The van der Waals surface area contributed by atoms with Crippen LogP contribution in [-0.4, -0.2) is 13.2 Å². The summed E-state index contributed by atoms with van der Waals surface area (Å²) in [5.74, 6) is 1.87. The number of rotatable bonds is 6. The maximum Gasteiger partial charge on any atom is 0.133 e. The number of nitrogens with two attached hydrogens (primary N) is 1. The van der Waals surface area contributed by atoms with Gasteiger partial charge in [0.1, 0.15) is 5.75 Å². The Morgan fingerprint density at radius 3 is 2.81 bits per heavy atom. The fraction of sp³-hybridized carbons (Fsp3) is 0.538. The highest BCUT2D eigenvalue weighted by Crippen LogP contribution is 2.33. The van der Waals surface area contributed by atoms with Crippen molar-refractivity contribution < 1.29 is 4.74 Å². The lowest BCUT2D eigenvalue weighted by Gasteiger charge is -2.09. The summed E-state index contributed by atoms with van der Waals surface area (Å²) in [6.45, 7) is 1.52. The Labute approximate surface area is 105 Å². The Balaban J connectivity index is 1.87. The molecule has 0 heterocycles. The molecule has 1 saturated carbocycles. The summed E-state index contributed by atoms with van der Waals surface area (Å²) in [5, 5.41) is 0. The molecule has 0 bridgehead atoms. The van der Waals surface area contributed by atoms with Crippen LogP contribution in [0.3, 0.4) is 0 Å². The van der Waals surface area contributed by atoms with E-state index < -0.39 is 0 Å². The van der Waals surface area contributed by atoms with Crippen LogP contribution in [0.1, 0.15) is 24.8 Å². The second-order valence-electron chi connectivity index (χ2n) is 4.38. The smallest absolute Gasteiger partial charge is 0.133 e. The molecule has 16 heavy (non-hydrogen) atoms. The highest BCUT2D eigenvalue weighted by molar-refractivity contribution is 9.10. The van der Waals surface area contributed by atoms with E-state index in [0.717, 1.165) is 29.2 Å². The maximum atomic E-state index is 5.74. The molecule has 1 fully saturated rings. The highest BCUT2D eigenvalue weighted by Gasteiger charge is 2.20. The van der Waals surface area contributed by atoms with Gasteiger partial charge in [0.2, 0.25) is 0 Å². The van der Waals surface area contributed by atoms with Crippen molar-refractivity contribution >= 4 is 15.9 Å². The maximum absolute atomic E-state index is 5.74. The van der Waals surface area contributed by atoms with Gasteiger partial charge >= 0.3 is 0 Å². The van der Waals surface area contributed by atoms with E-state index in [-0.39, 0.29) is 0 Å². The Kier molecular flexibility index (Phi) is 4.24. The average molecular weight is 284 g/mol. The molecule has 0 aliphatic heterocycles. The Bertz CT molecular complexity index is 350. The van der Waals surface area contributed by atoms with Gasteiger partial charge in [-0.15, -0.1) is 0 Å². The van der Waals surface area contributed by atoms with Gasteiger partial charge in [-0.3, -0.25) is 0 Å². The van der Waals surface area contributed by atoms with Crippen molar-refractivity contribution in [3.63, 3.8) is 0 Å². The molecule has 2 rings (SSSR count). The van der Waals surface area contributed by atoms with Crippen LogP contribution in [0.25, 0.3) is 0 Å². The Hall–Kier alpha value is -0.540. The zero-order valence-corrected chi connectivity index (χ0v) is 11.0. The van der Waals surface area contributed by atoms with Gasteiger partial charge in [-0.1, -0.05) is 18.9 Å². The number of ether oxygens (including phenoxy) is 1.